The molecule has 76 valence electrons. The molecular weight excluding hydrogens is 212 g/mol. The summed E-state index contributed by atoms with van der Waals surface area (Å²) in [5.74, 6) is 0.812. The van der Waals surface area contributed by atoms with E-state index in [0.29, 0.717) is 6.61 Å². The van der Waals surface area contributed by atoms with Crippen LogP contribution in [-0.4, -0.2) is 9.97 Å². The number of hydrogen-bond acceptors (Lipinski definition) is 3. The first kappa shape index (κ1) is 9.93. The number of para-hydroxylation sites is 1. The maximum absolute atomic E-state index is 5.65. The molecule has 15 heavy (non-hydrogen) atoms. The molecule has 1 aromatic heterocycles. The Hall–Kier alpha value is -1.61. The zero-order valence-corrected chi connectivity index (χ0v) is 8.69. The normalized spacial score (nSPS) is 9.93. The van der Waals surface area contributed by atoms with Crippen LogP contribution >= 0.6 is 11.6 Å². The van der Waals surface area contributed by atoms with E-state index in [1.54, 1.807) is 12.3 Å². The van der Waals surface area contributed by atoms with Crippen molar-refractivity contribution in [3.63, 3.8) is 0 Å². The van der Waals surface area contributed by atoms with Gasteiger partial charge in [-0.1, -0.05) is 18.2 Å². The van der Waals surface area contributed by atoms with Gasteiger partial charge in [0.25, 0.3) is 0 Å². The third-order valence-corrected chi connectivity index (χ3v) is 2.00. The van der Waals surface area contributed by atoms with E-state index in [4.69, 9.17) is 16.3 Å². The molecule has 2 rings (SSSR count). The molecule has 0 aliphatic rings. The molecule has 0 bridgehead atoms. The van der Waals surface area contributed by atoms with Crippen LogP contribution in [0.4, 0.5) is 0 Å². The maximum Gasteiger partial charge on any atom is 0.222 e. The van der Waals surface area contributed by atoms with Crippen LogP contribution in [0.5, 0.6) is 5.75 Å². The van der Waals surface area contributed by atoms with Gasteiger partial charge in [-0.05, 0) is 29.8 Å². The lowest BCUT2D eigenvalue weighted by molar-refractivity contribution is 0.301. The van der Waals surface area contributed by atoms with Gasteiger partial charge in [0.05, 0.1) is 5.69 Å². The molecule has 0 saturated carbocycles. The highest BCUT2D eigenvalue weighted by molar-refractivity contribution is 6.28. The van der Waals surface area contributed by atoms with Gasteiger partial charge in [0.15, 0.2) is 0 Å². The standard InChI is InChI=1S/C11H9ClN2O/c12-11-13-7-6-9(14-11)8-15-10-4-2-1-3-5-10/h1-7H,8H2. The van der Waals surface area contributed by atoms with E-state index < -0.39 is 0 Å². The van der Waals surface area contributed by atoms with E-state index in [0.717, 1.165) is 11.4 Å². The highest BCUT2D eigenvalue weighted by Gasteiger charge is 1.97. The van der Waals surface area contributed by atoms with Gasteiger partial charge in [-0.2, -0.15) is 0 Å². The molecular formula is C11H9ClN2O. The zero-order valence-electron chi connectivity index (χ0n) is 7.93. The monoisotopic (exact) mass is 220 g/mol. The Kier molecular flexibility index (Phi) is 3.15. The summed E-state index contributed by atoms with van der Waals surface area (Å²) in [7, 11) is 0. The minimum atomic E-state index is 0.240. The van der Waals surface area contributed by atoms with E-state index in [-0.39, 0.29) is 5.28 Å². The predicted molar refractivity (Wildman–Crippen MR) is 57.8 cm³/mol. The highest BCUT2D eigenvalue weighted by Crippen LogP contribution is 2.10. The lowest BCUT2D eigenvalue weighted by Crippen LogP contribution is -1.98. The quantitative estimate of drug-likeness (QED) is 0.746. The minimum absolute atomic E-state index is 0.240. The molecule has 2 aromatic rings. The van der Waals surface area contributed by atoms with E-state index in [1.807, 2.05) is 30.3 Å². The van der Waals surface area contributed by atoms with Gasteiger partial charge in [-0.15, -0.1) is 0 Å². The first-order valence-corrected chi connectivity index (χ1v) is 4.88. The molecule has 1 aromatic carbocycles. The summed E-state index contributed by atoms with van der Waals surface area (Å²) in [4.78, 5) is 7.81. The van der Waals surface area contributed by atoms with E-state index >= 15 is 0 Å². The van der Waals surface area contributed by atoms with Crippen molar-refractivity contribution in [1.29, 1.82) is 0 Å². The topological polar surface area (TPSA) is 35.0 Å². The molecule has 0 aliphatic carbocycles. The fraction of sp³-hybridized carbons (Fsp3) is 0.0909. The van der Waals surface area contributed by atoms with Crippen molar-refractivity contribution in [3.05, 3.63) is 53.6 Å². The Balaban J connectivity index is 1.99. The summed E-state index contributed by atoms with van der Waals surface area (Å²) in [6.07, 6.45) is 1.61. The van der Waals surface area contributed by atoms with Crippen LogP contribution in [0.15, 0.2) is 42.6 Å². The number of rotatable bonds is 3. The smallest absolute Gasteiger partial charge is 0.222 e. The Bertz CT molecular complexity index is 434. The highest BCUT2D eigenvalue weighted by atomic mass is 35.5. The van der Waals surface area contributed by atoms with Crippen molar-refractivity contribution >= 4 is 11.6 Å². The minimum Gasteiger partial charge on any atom is -0.487 e. The molecule has 0 unspecified atom stereocenters. The maximum atomic E-state index is 5.65. The van der Waals surface area contributed by atoms with Gasteiger partial charge >= 0.3 is 0 Å². The Morgan fingerprint density at radius 3 is 2.67 bits per heavy atom. The molecule has 0 amide bonds. The van der Waals surface area contributed by atoms with E-state index in [1.165, 1.54) is 0 Å². The lowest BCUT2D eigenvalue weighted by atomic mass is 10.3. The Morgan fingerprint density at radius 1 is 1.13 bits per heavy atom. The molecule has 0 fully saturated rings. The molecule has 0 radical (unpaired) electrons. The van der Waals surface area contributed by atoms with Crippen LogP contribution in [0.25, 0.3) is 0 Å². The third kappa shape index (κ3) is 2.92. The second-order valence-corrected chi connectivity index (χ2v) is 3.26. The van der Waals surface area contributed by atoms with Crippen molar-refractivity contribution in [1.82, 2.24) is 9.97 Å². The van der Waals surface area contributed by atoms with Gasteiger partial charge in [0.1, 0.15) is 12.4 Å². The van der Waals surface area contributed by atoms with Crippen LogP contribution in [-0.2, 0) is 6.61 Å². The molecule has 3 nitrogen and oxygen atoms in total. The first-order chi connectivity index (χ1) is 7.34. The van der Waals surface area contributed by atoms with Gasteiger partial charge < -0.3 is 4.74 Å². The predicted octanol–water partition coefficient (Wildman–Crippen LogP) is 2.71. The summed E-state index contributed by atoms with van der Waals surface area (Å²) in [5.41, 5.74) is 0.763. The van der Waals surface area contributed by atoms with Crippen molar-refractivity contribution in [3.8, 4) is 5.75 Å². The molecule has 0 spiro atoms. The van der Waals surface area contributed by atoms with Gasteiger partial charge in [0, 0.05) is 6.20 Å². The molecule has 0 saturated heterocycles. The Labute approximate surface area is 92.7 Å². The van der Waals surface area contributed by atoms with Crippen molar-refractivity contribution in [2.24, 2.45) is 0 Å². The van der Waals surface area contributed by atoms with Crippen molar-refractivity contribution in [2.75, 3.05) is 0 Å². The summed E-state index contributed by atoms with van der Waals surface area (Å²) in [6.45, 7) is 0.395. The number of halogens is 1. The second-order valence-electron chi connectivity index (χ2n) is 2.92. The fourth-order valence-corrected chi connectivity index (χ4v) is 1.29. The molecule has 1 heterocycles. The number of ether oxygens (including phenoxy) is 1. The number of benzene rings is 1. The number of hydrogen-bond donors (Lipinski definition) is 0. The van der Waals surface area contributed by atoms with Crippen molar-refractivity contribution < 1.29 is 4.74 Å². The second kappa shape index (κ2) is 4.75. The van der Waals surface area contributed by atoms with Gasteiger partial charge in [-0.3, -0.25) is 0 Å². The largest absolute Gasteiger partial charge is 0.487 e. The Morgan fingerprint density at radius 2 is 1.93 bits per heavy atom. The molecule has 0 N–H and O–H groups in total. The summed E-state index contributed by atoms with van der Waals surface area (Å²) >= 11 is 5.65. The molecule has 0 aliphatic heterocycles. The van der Waals surface area contributed by atoms with Crippen LogP contribution in [0, 0.1) is 0 Å². The van der Waals surface area contributed by atoms with Crippen molar-refractivity contribution in [2.45, 2.75) is 6.61 Å². The van der Waals surface area contributed by atoms with Crippen LogP contribution in [0.2, 0.25) is 5.28 Å². The van der Waals surface area contributed by atoms with Crippen LogP contribution in [0.1, 0.15) is 5.69 Å². The van der Waals surface area contributed by atoms with Crippen LogP contribution < -0.4 is 4.74 Å². The van der Waals surface area contributed by atoms with Crippen LogP contribution in [0.3, 0.4) is 0 Å². The summed E-state index contributed by atoms with van der Waals surface area (Å²) in [5, 5.41) is 0.240. The zero-order chi connectivity index (χ0) is 10.5. The van der Waals surface area contributed by atoms with Gasteiger partial charge in [-0.25, -0.2) is 9.97 Å². The number of nitrogens with zero attached hydrogens (tertiary/aromatic N) is 2. The summed E-state index contributed by atoms with van der Waals surface area (Å²) < 4.78 is 5.50. The lowest BCUT2D eigenvalue weighted by Gasteiger charge is -2.04. The average molecular weight is 221 g/mol. The molecule has 4 heteroatoms. The SMILES string of the molecule is Clc1nccc(COc2ccccc2)n1. The molecule has 0 atom stereocenters. The van der Waals surface area contributed by atoms with E-state index in [2.05, 4.69) is 9.97 Å². The third-order valence-electron chi connectivity index (χ3n) is 1.81. The van der Waals surface area contributed by atoms with E-state index in [9.17, 15) is 0 Å². The fourth-order valence-electron chi connectivity index (χ4n) is 1.12. The average Bonchev–Trinajstić information content (AvgIpc) is 2.28. The number of aromatic nitrogens is 2. The summed E-state index contributed by atoms with van der Waals surface area (Å²) in [6, 6.07) is 11.3. The first-order valence-electron chi connectivity index (χ1n) is 4.50. The van der Waals surface area contributed by atoms with Gasteiger partial charge in [0.2, 0.25) is 5.28 Å².